The number of allylic oxidation sites excluding steroid dienone is 1. The van der Waals surface area contributed by atoms with Gasteiger partial charge in [0, 0.05) is 12.3 Å². The van der Waals surface area contributed by atoms with Crippen LogP contribution in [-0.4, -0.2) is 26.9 Å². The molecule has 3 N–H and O–H groups in total. The molecule has 0 saturated heterocycles. The Kier molecular flexibility index (Phi) is 4.00. The first kappa shape index (κ1) is 13.6. The van der Waals surface area contributed by atoms with Crippen LogP contribution in [0.25, 0.3) is 0 Å². The molecule has 1 heterocycles. The van der Waals surface area contributed by atoms with E-state index in [1.165, 1.54) is 0 Å². The van der Waals surface area contributed by atoms with Crippen LogP contribution in [0.15, 0.2) is 54.4 Å². The second kappa shape index (κ2) is 5.88. The lowest BCUT2D eigenvalue weighted by atomic mass is 10.1. The van der Waals surface area contributed by atoms with Crippen LogP contribution in [0.2, 0.25) is 0 Å². The summed E-state index contributed by atoms with van der Waals surface area (Å²) in [4.78, 5) is 24.9. The Labute approximate surface area is 115 Å². The standard InChI is InChI=1S/C15H13NO4/c17-13(8-14(18)15(19)20)12-7-11(9-16-12)6-10-4-2-1-3-5-10/h1-5,7-9,16,18H,6H2,(H,19,20). The normalized spacial score (nSPS) is 11.3. The number of hydrogen-bond donors (Lipinski definition) is 3. The minimum atomic E-state index is -1.53. The third-order valence-electron chi connectivity index (χ3n) is 2.75. The van der Waals surface area contributed by atoms with Gasteiger partial charge in [-0.15, -0.1) is 0 Å². The molecule has 0 fully saturated rings. The van der Waals surface area contributed by atoms with E-state index in [9.17, 15) is 9.59 Å². The van der Waals surface area contributed by atoms with Crippen LogP contribution in [0, 0.1) is 0 Å². The summed E-state index contributed by atoms with van der Waals surface area (Å²) in [6.45, 7) is 0. The van der Waals surface area contributed by atoms with Crippen LogP contribution in [0.3, 0.4) is 0 Å². The van der Waals surface area contributed by atoms with Crippen molar-refractivity contribution in [3.8, 4) is 0 Å². The highest BCUT2D eigenvalue weighted by Crippen LogP contribution is 2.11. The van der Waals surface area contributed by atoms with Crippen LogP contribution in [0.1, 0.15) is 21.6 Å². The maximum atomic E-state index is 11.7. The number of aliphatic carboxylic acids is 1. The van der Waals surface area contributed by atoms with E-state index >= 15 is 0 Å². The number of carbonyl (C=O) groups excluding carboxylic acids is 1. The van der Waals surface area contributed by atoms with Gasteiger partial charge in [0.25, 0.3) is 0 Å². The molecule has 5 nitrogen and oxygen atoms in total. The molecule has 5 heteroatoms. The number of ketones is 1. The van der Waals surface area contributed by atoms with Crippen molar-refractivity contribution in [3.05, 3.63) is 71.3 Å². The maximum absolute atomic E-state index is 11.7. The second-order valence-electron chi connectivity index (χ2n) is 4.28. The van der Waals surface area contributed by atoms with Gasteiger partial charge >= 0.3 is 5.97 Å². The van der Waals surface area contributed by atoms with Crippen LogP contribution >= 0.6 is 0 Å². The van der Waals surface area contributed by atoms with Crippen LogP contribution in [-0.2, 0) is 11.2 Å². The number of carboxylic acids is 1. The van der Waals surface area contributed by atoms with Crippen molar-refractivity contribution < 1.29 is 19.8 Å². The fourth-order valence-electron chi connectivity index (χ4n) is 1.78. The molecule has 1 aromatic carbocycles. The van der Waals surface area contributed by atoms with Crippen LogP contribution < -0.4 is 0 Å². The fraction of sp³-hybridized carbons (Fsp3) is 0.0667. The molecule has 0 amide bonds. The van der Waals surface area contributed by atoms with E-state index in [0.29, 0.717) is 12.5 Å². The molecule has 0 bridgehead atoms. The number of nitrogens with one attached hydrogen (secondary N) is 1. The van der Waals surface area contributed by atoms with Gasteiger partial charge in [0.1, 0.15) is 0 Å². The fourth-order valence-corrected chi connectivity index (χ4v) is 1.78. The van der Waals surface area contributed by atoms with Crippen molar-refractivity contribution >= 4 is 11.8 Å². The van der Waals surface area contributed by atoms with E-state index < -0.39 is 17.5 Å². The van der Waals surface area contributed by atoms with Gasteiger partial charge in [-0.3, -0.25) is 4.79 Å². The Morgan fingerprint density at radius 1 is 1.10 bits per heavy atom. The van der Waals surface area contributed by atoms with Gasteiger partial charge in [0.05, 0.1) is 5.69 Å². The smallest absolute Gasteiger partial charge is 0.371 e. The molecule has 0 saturated carbocycles. The summed E-state index contributed by atoms with van der Waals surface area (Å²) < 4.78 is 0. The lowest BCUT2D eigenvalue weighted by molar-refractivity contribution is -0.135. The number of aliphatic hydroxyl groups is 1. The van der Waals surface area contributed by atoms with Crippen molar-refractivity contribution in [1.29, 1.82) is 0 Å². The Balaban J connectivity index is 2.11. The first-order chi connectivity index (χ1) is 9.56. The Bertz CT molecular complexity index is 656. The van der Waals surface area contributed by atoms with Gasteiger partial charge in [-0.1, -0.05) is 30.3 Å². The molecular weight excluding hydrogens is 258 g/mol. The molecule has 1 aromatic heterocycles. The van der Waals surface area contributed by atoms with Gasteiger partial charge in [0.2, 0.25) is 11.5 Å². The molecule has 2 rings (SSSR count). The van der Waals surface area contributed by atoms with Gasteiger partial charge < -0.3 is 15.2 Å². The number of H-pyrrole nitrogens is 1. The zero-order chi connectivity index (χ0) is 14.5. The number of carbonyl (C=O) groups is 2. The number of aromatic nitrogens is 1. The third kappa shape index (κ3) is 3.35. The number of aromatic amines is 1. The van der Waals surface area contributed by atoms with E-state index in [0.717, 1.165) is 11.1 Å². The molecule has 0 unspecified atom stereocenters. The largest absolute Gasteiger partial charge is 0.502 e. The average molecular weight is 271 g/mol. The number of rotatable bonds is 5. The monoisotopic (exact) mass is 271 g/mol. The predicted octanol–water partition coefficient (Wildman–Crippen LogP) is 2.31. The number of benzene rings is 1. The highest BCUT2D eigenvalue weighted by Gasteiger charge is 2.11. The quantitative estimate of drug-likeness (QED) is 0.442. The number of hydrogen-bond acceptors (Lipinski definition) is 3. The highest BCUT2D eigenvalue weighted by atomic mass is 16.4. The van der Waals surface area contributed by atoms with E-state index in [1.54, 1.807) is 12.3 Å². The van der Waals surface area contributed by atoms with Gasteiger partial charge in [-0.2, -0.15) is 0 Å². The van der Waals surface area contributed by atoms with E-state index in [4.69, 9.17) is 10.2 Å². The maximum Gasteiger partial charge on any atom is 0.371 e. The van der Waals surface area contributed by atoms with Crippen LogP contribution in [0.5, 0.6) is 0 Å². The molecule has 0 aliphatic heterocycles. The summed E-state index contributed by atoms with van der Waals surface area (Å²) >= 11 is 0. The molecule has 0 spiro atoms. The second-order valence-corrected chi connectivity index (χ2v) is 4.28. The first-order valence-electron chi connectivity index (χ1n) is 5.96. The average Bonchev–Trinajstić information content (AvgIpc) is 2.88. The summed E-state index contributed by atoms with van der Waals surface area (Å²) in [7, 11) is 0. The predicted molar refractivity (Wildman–Crippen MR) is 72.7 cm³/mol. The molecule has 0 radical (unpaired) electrons. The minimum absolute atomic E-state index is 0.240. The molecule has 2 aromatic rings. The molecule has 0 aliphatic carbocycles. The molecule has 20 heavy (non-hydrogen) atoms. The van der Waals surface area contributed by atoms with Crippen molar-refractivity contribution in [2.24, 2.45) is 0 Å². The van der Waals surface area contributed by atoms with Gasteiger partial charge in [-0.05, 0) is 23.6 Å². The molecule has 0 aliphatic rings. The summed E-state index contributed by atoms with van der Waals surface area (Å²) in [5.74, 6) is -3.09. The summed E-state index contributed by atoms with van der Waals surface area (Å²) in [5, 5.41) is 17.5. The Morgan fingerprint density at radius 2 is 1.80 bits per heavy atom. The number of carboxylic acid groups (broad SMARTS) is 1. The van der Waals surface area contributed by atoms with Crippen molar-refractivity contribution in [2.75, 3.05) is 0 Å². The Morgan fingerprint density at radius 3 is 2.45 bits per heavy atom. The Hall–Kier alpha value is -2.82. The van der Waals surface area contributed by atoms with Crippen molar-refractivity contribution in [1.82, 2.24) is 4.98 Å². The SMILES string of the molecule is O=C(O)C(O)=CC(=O)c1cc(Cc2ccccc2)c[nH]1. The van der Waals surface area contributed by atoms with E-state index in [-0.39, 0.29) is 5.69 Å². The molecule has 0 atom stereocenters. The summed E-state index contributed by atoms with van der Waals surface area (Å²) in [6, 6.07) is 11.4. The first-order valence-corrected chi connectivity index (χ1v) is 5.96. The van der Waals surface area contributed by atoms with Crippen molar-refractivity contribution in [2.45, 2.75) is 6.42 Å². The van der Waals surface area contributed by atoms with Crippen LogP contribution in [0.4, 0.5) is 0 Å². The zero-order valence-corrected chi connectivity index (χ0v) is 10.5. The summed E-state index contributed by atoms with van der Waals surface area (Å²) in [6.07, 6.45) is 3.03. The highest BCUT2D eigenvalue weighted by molar-refractivity contribution is 6.06. The lowest BCUT2D eigenvalue weighted by Gasteiger charge is -1.96. The number of aliphatic hydroxyl groups excluding tert-OH is 1. The van der Waals surface area contributed by atoms with Gasteiger partial charge in [0.15, 0.2) is 0 Å². The third-order valence-corrected chi connectivity index (χ3v) is 2.75. The summed E-state index contributed by atoms with van der Waals surface area (Å²) in [5.41, 5.74) is 2.25. The zero-order valence-electron chi connectivity index (χ0n) is 10.5. The lowest BCUT2D eigenvalue weighted by Crippen LogP contribution is -2.04. The van der Waals surface area contributed by atoms with Gasteiger partial charge in [-0.25, -0.2) is 4.79 Å². The van der Waals surface area contributed by atoms with Crippen molar-refractivity contribution in [3.63, 3.8) is 0 Å². The minimum Gasteiger partial charge on any atom is -0.502 e. The van der Waals surface area contributed by atoms with E-state index in [1.807, 2.05) is 30.3 Å². The topological polar surface area (TPSA) is 90.4 Å². The molecule has 102 valence electrons. The molecular formula is C15H13NO4. The van der Waals surface area contributed by atoms with E-state index in [2.05, 4.69) is 4.98 Å².